The number of rotatable bonds is 2. The van der Waals surface area contributed by atoms with Crippen LogP contribution in [0, 0.1) is 0 Å². The number of nitrogens with zero attached hydrogens (tertiary/aromatic N) is 2. The monoisotopic (exact) mass is 152 g/mol. The predicted molar refractivity (Wildman–Crippen MR) is 42.7 cm³/mol. The average molecular weight is 152 g/mol. The number of aryl methyl sites for hydroxylation is 1. The van der Waals surface area contributed by atoms with E-state index in [0.29, 0.717) is 11.5 Å². The van der Waals surface area contributed by atoms with E-state index in [0.717, 1.165) is 12.0 Å². The van der Waals surface area contributed by atoms with Crippen molar-refractivity contribution in [1.82, 2.24) is 9.78 Å². The van der Waals surface area contributed by atoms with Gasteiger partial charge >= 0.3 is 0 Å². The molecule has 0 unspecified atom stereocenters. The minimum absolute atomic E-state index is 0.316. The van der Waals surface area contributed by atoms with Crippen molar-refractivity contribution in [1.29, 1.82) is 0 Å². The first-order valence-electron chi connectivity index (χ1n) is 3.64. The van der Waals surface area contributed by atoms with Crippen molar-refractivity contribution in [2.75, 3.05) is 0 Å². The zero-order valence-electron chi connectivity index (χ0n) is 7.03. The molecule has 0 atom stereocenters. The maximum atomic E-state index is 10.5. The number of carbonyl (C=O) groups excluding carboxylic acids is 1. The van der Waals surface area contributed by atoms with E-state index in [1.54, 1.807) is 10.9 Å². The number of aromatic nitrogens is 2. The third kappa shape index (κ3) is 1.48. The van der Waals surface area contributed by atoms with Crippen LogP contribution < -0.4 is 0 Å². The van der Waals surface area contributed by atoms with Crippen molar-refractivity contribution in [3.8, 4) is 0 Å². The van der Waals surface area contributed by atoms with Gasteiger partial charge in [0, 0.05) is 13.2 Å². The largest absolute Gasteiger partial charge is 0.298 e. The molecule has 1 aromatic rings. The van der Waals surface area contributed by atoms with Crippen LogP contribution >= 0.6 is 0 Å². The first-order valence-corrected chi connectivity index (χ1v) is 3.64. The van der Waals surface area contributed by atoms with E-state index < -0.39 is 0 Å². The minimum Gasteiger partial charge on any atom is -0.298 e. The lowest BCUT2D eigenvalue weighted by Gasteiger charge is -1.98. The van der Waals surface area contributed by atoms with Gasteiger partial charge in [0.25, 0.3) is 0 Å². The fourth-order valence-corrected chi connectivity index (χ4v) is 1.06. The lowest BCUT2D eigenvalue weighted by molar-refractivity contribution is 0.112. The maximum Gasteiger partial charge on any atom is 0.153 e. The van der Waals surface area contributed by atoms with Crippen LogP contribution in [0.15, 0.2) is 6.20 Å². The Kier molecular flexibility index (Phi) is 2.08. The molecular formula is C8H12N2O. The first-order chi connectivity index (χ1) is 5.15. The first kappa shape index (κ1) is 7.98. The summed E-state index contributed by atoms with van der Waals surface area (Å²) in [5, 5.41) is 4.17. The molecule has 1 rings (SSSR count). The normalized spacial score (nSPS) is 10.5. The van der Waals surface area contributed by atoms with Gasteiger partial charge in [0.2, 0.25) is 0 Å². The minimum atomic E-state index is 0.316. The fraction of sp³-hybridized carbons (Fsp3) is 0.500. The van der Waals surface area contributed by atoms with Gasteiger partial charge < -0.3 is 0 Å². The summed E-state index contributed by atoms with van der Waals surface area (Å²) in [6.07, 6.45) is 2.59. The van der Waals surface area contributed by atoms with Crippen LogP contribution in [0.3, 0.4) is 0 Å². The van der Waals surface area contributed by atoms with Crippen molar-refractivity contribution in [3.63, 3.8) is 0 Å². The Labute approximate surface area is 66.0 Å². The lowest BCUT2D eigenvalue weighted by Crippen LogP contribution is -1.94. The van der Waals surface area contributed by atoms with Crippen LogP contribution in [-0.2, 0) is 7.05 Å². The molecule has 0 bridgehead atoms. The highest BCUT2D eigenvalue weighted by Gasteiger charge is 2.09. The Hall–Kier alpha value is -1.12. The topological polar surface area (TPSA) is 34.9 Å². The highest BCUT2D eigenvalue weighted by molar-refractivity contribution is 5.76. The van der Waals surface area contributed by atoms with Crippen LogP contribution in [-0.4, -0.2) is 16.1 Å². The Morgan fingerprint density at radius 3 is 2.64 bits per heavy atom. The van der Waals surface area contributed by atoms with Gasteiger partial charge in [0.15, 0.2) is 6.29 Å². The number of carbonyl (C=O) groups is 1. The van der Waals surface area contributed by atoms with Gasteiger partial charge in [-0.1, -0.05) is 13.8 Å². The Morgan fingerprint density at radius 2 is 2.27 bits per heavy atom. The molecule has 1 aromatic heterocycles. The van der Waals surface area contributed by atoms with Crippen LogP contribution in [0.4, 0.5) is 0 Å². The van der Waals surface area contributed by atoms with Gasteiger partial charge in [-0.25, -0.2) is 0 Å². The van der Waals surface area contributed by atoms with Crippen LogP contribution in [0.2, 0.25) is 0 Å². The maximum absolute atomic E-state index is 10.5. The van der Waals surface area contributed by atoms with E-state index in [2.05, 4.69) is 5.10 Å². The van der Waals surface area contributed by atoms with Gasteiger partial charge in [0.1, 0.15) is 0 Å². The van der Waals surface area contributed by atoms with E-state index in [4.69, 9.17) is 0 Å². The molecular weight excluding hydrogens is 140 g/mol. The summed E-state index contributed by atoms with van der Waals surface area (Å²) in [6, 6.07) is 0. The van der Waals surface area contributed by atoms with E-state index in [9.17, 15) is 4.79 Å². The molecule has 0 saturated heterocycles. The zero-order valence-corrected chi connectivity index (χ0v) is 7.03. The molecule has 1 heterocycles. The highest BCUT2D eigenvalue weighted by atomic mass is 16.1. The smallest absolute Gasteiger partial charge is 0.153 e. The Bertz CT molecular complexity index is 263. The number of aldehydes is 1. The highest BCUT2D eigenvalue weighted by Crippen LogP contribution is 2.14. The second-order valence-corrected chi connectivity index (χ2v) is 2.92. The summed E-state index contributed by atoms with van der Waals surface area (Å²) < 4.78 is 1.67. The quantitative estimate of drug-likeness (QED) is 0.600. The Balaban J connectivity index is 3.11. The van der Waals surface area contributed by atoms with Crippen LogP contribution in [0.5, 0.6) is 0 Å². The molecule has 0 aliphatic rings. The van der Waals surface area contributed by atoms with E-state index >= 15 is 0 Å². The molecule has 0 spiro atoms. The van der Waals surface area contributed by atoms with Gasteiger partial charge in [0.05, 0.1) is 11.3 Å². The van der Waals surface area contributed by atoms with E-state index in [-0.39, 0.29) is 0 Å². The molecule has 0 aliphatic carbocycles. The zero-order chi connectivity index (χ0) is 8.43. The molecule has 0 fully saturated rings. The lowest BCUT2D eigenvalue weighted by atomic mass is 10.1. The van der Waals surface area contributed by atoms with Crippen LogP contribution in [0.25, 0.3) is 0 Å². The molecule has 0 aliphatic heterocycles. The van der Waals surface area contributed by atoms with Gasteiger partial charge in [-0.3, -0.25) is 9.48 Å². The summed E-state index contributed by atoms with van der Waals surface area (Å²) in [5.74, 6) is 0.316. The molecule has 0 saturated carbocycles. The second kappa shape index (κ2) is 2.86. The molecule has 60 valence electrons. The summed E-state index contributed by atoms with van der Waals surface area (Å²) in [5.41, 5.74) is 1.57. The van der Waals surface area contributed by atoms with E-state index in [1.165, 1.54) is 0 Å². The van der Waals surface area contributed by atoms with Crippen LogP contribution in [0.1, 0.15) is 35.8 Å². The summed E-state index contributed by atoms with van der Waals surface area (Å²) in [4.78, 5) is 10.5. The summed E-state index contributed by atoms with van der Waals surface area (Å²) in [7, 11) is 1.82. The summed E-state index contributed by atoms with van der Waals surface area (Å²) in [6.45, 7) is 4.05. The standard InChI is InChI=1S/C8H12N2O/c1-6(2)8-7(5-11)4-10(3)9-8/h4-6H,1-3H3. The molecule has 0 amide bonds. The van der Waals surface area contributed by atoms with E-state index in [1.807, 2.05) is 20.9 Å². The van der Waals surface area contributed by atoms with Crippen molar-refractivity contribution in [3.05, 3.63) is 17.5 Å². The average Bonchev–Trinajstić information content (AvgIpc) is 2.30. The predicted octanol–water partition coefficient (Wildman–Crippen LogP) is 1.36. The van der Waals surface area contributed by atoms with Crippen molar-refractivity contribution >= 4 is 6.29 Å². The SMILES string of the molecule is CC(C)c1nn(C)cc1C=O. The Morgan fingerprint density at radius 1 is 1.64 bits per heavy atom. The van der Waals surface area contributed by atoms with Gasteiger partial charge in [-0.05, 0) is 5.92 Å². The van der Waals surface area contributed by atoms with Crippen molar-refractivity contribution < 1.29 is 4.79 Å². The third-order valence-electron chi connectivity index (χ3n) is 1.56. The molecule has 3 heteroatoms. The van der Waals surface area contributed by atoms with Crippen molar-refractivity contribution in [2.24, 2.45) is 7.05 Å². The van der Waals surface area contributed by atoms with Crippen molar-refractivity contribution in [2.45, 2.75) is 19.8 Å². The fourth-order valence-electron chi connectivity index (χ4n) is 1.06. The molecule has 0 aromatic carbocycles. The number of hydrogen-bond donors (Lipinski definition) is 0. The summed E-state index contributed by atoms with van der Waals surface area (Å²) >= 11 is 0. The third-order valence-corrected chi connectivity index (χ3v) is 1.56. The second-order valence-electron chi connectivity index (χ2n) is 2.92. The molecule has 11 heavy (non-hydrogen) atoms. The number of hydrogen-bond acceptors (Lipinski definition) is 2. The van der Waals surface area contributed by atoms with Gasteiger partial charge in [-0.15, -0.1) is 0 Å². The molecule has 3 nitrogen and oxygen atoms in total. The molecule has 0 N–H and O–H groups in total. The molecule has 0 radical (unpaired) electrons. The van der Waals surface area contributed by atoms with Gasteiger partial charge in [-0.2, -0.15) is 5.10 Å².